The van der Waals surface area contributed by atoms with Crippen molar-refractivity contribution in [2.75, 3.05) is 0 Å². The fourth-order valence-corrected chi connectivity index (χ4v) is 1.77. The van der Waals surface area contributed by atoms with Crippen LogP contribution in [0.3, 0.4) is 0 Å². The molecule has 0 amide bonds. The predicted octanol–water partition coefficient (Wildman–Crippen LogP) is 3.94. The Kier molecular flexibility index (Phi) is 3.41. The van der Waals surface area contributed by atoms with Crippen molar-refractivity contribution in [3.63, 3.8) is 0 Å². The molecule has 0 N–H and O–H groups in total. The Bertz CT molecular complexity index is 469. The van der Waals surface area contributed by atoms with E-state index in [1.165, 1.54) is 0 Å². The minimum atomic E-state index is -0.650. The molecular weight excluding hydrogens is 228 g/mol. The standard InChI is InChI=1S/C15H17O3/c1-15(2,3)18-14(16)17-13-10-6-8-11-7-4-5-9-12(11)13/h4-9H,10H2,1-3H3. The summed E-state index contributed by atoms with van der Waals surface area (Å²) in [6.07, 6.45) is 4.60. The van der Waals surface area contributed by atoms with Crippen molar-refractivity contribution in [3.8, 4) is 0 Å². The summed E-state index contributed by atoms with van der Waals surface area (Å²) in [4.78, 5) is 11.6. The molecule has 0 bridgehead atoms. The molecule has 1 aromatic rings. The molecule has 0 saturated heterocycles. The van der Waals surface area contributed by atoms with Gasteiger partial charge in [0.25, 0.3) is 0 Å². The van der Waals surface area contributed by atoms with Gasteiger partial charge < -0.3 is 9.47 Å². The number of ether oxygens (including phenoxy) is 2. The van der Waals surface area contributed by atoms with Crippen LogP contribution in [0.15, 0.2) is 30.3 Å². The zero-order chi connectivity index (χ0) is 13.2. The normalized spacial score (nSPS) is 15.1. The second-order valence-electron chi connectivity index (χ2n) is 5.18. The summed E-state index contributed by atoms with van der Waals surface area (Å²) in [5.74, 6) is 0. The average Bonchev–Trinajstić information content (AvgIpc) is 2.27. The van der Waals surface area contributed by atoms with Crippen molar-refractivity contribution >= 4 is 12.2 Å². The molecule has 1 radical (unpaired) electrons. The predicted molar refractivity (Wildman–Crippen MR) is 69.8 cm³/mol. The van der Waals surface area contributed by atoms with Crippen molar-refractivity contribution < 1.29 is 14.3 Å². The summed E-state index contributed by atoms with van der Waals surface area (Å²) in [5, 5.41) is 0. The van der Waals surface area contributed by atoms with E-state index >= 15 is 0 Å². The van der Waals surface area contributed by atoms with Crippen LogP contribution >= 0.6 is 0 Å². The molecule has 0 fully saturated rings. The first-order valence-corrected chi connectivity index (χ1v) is 5.98. The molecule has 1 aliphatic rings. The Morgan fingerprint density at radius 3 is 2.67 bits per heavy atom. The van der Waals surface area contributed by atoms with E-state index in [9.17, 15) is 4.79 Å². The molecule has 0 spiro atoms. The Hall–Kier alpha value is -1.77. The van der Waals surface area contributed by atoms with Crippen LogP contribution in [0.4, 0.5) is 4.79 Å². The van der Waals surface area contributed by atoms with E-state index in [1.807, 2.05) is 57.2 Å². The van der Waals surface area contributed by atoms with E-state index in [-0.39, 0.29) is 0 Å². The summed E-state index contributed by atoms with van der Waals surface area (Å²) in [7, 11) is 0. The fourth-order valence-electron chi connectivity index (χ4n) is 1.77. The molecule has 3 nitrogen and oxygen atoms in total. The average molecular weight is 245 g/mol. The van der Waals surface area contributed by atoms with Gasteiger partial charge in [-0.25, -0.2) is 4.79 Å². The Balaban J connectivity index is 2.08. The van der Waals surface area contributed by atoms with Crippen LogP contribution in [0.2, 0.25) is 0 Å². The van der Waals surface area contributed by atoms with E-state index in [1.54, 1.807) is 0 Å². The van der Waals surface area contributed by atoms with Crippen LogP contribution < -0.4 is 0 Å². The maximum absolute atomic E-state index is 11.6. The third-order valence-electron chi connectivity index (χ3n) is 2.46. The molecule has 0 aliphatic heterocycles. The van der Waals surface area contributed by atoms with Crippen molar-refractivity contribution in [2.24, 2.45) is 0 Å². The highest BCUT2D eigenvalue weighted by Crippen LogP contribution is 2.30. The molecule has 18 heavy (non-hydrogen) atoms. The minimum Gasteiger partial charge on any atom is -0.429 e. The van der Waals surface area contributed by atoms with Gasteiger partial charge in [0.1, 0.15) is 5.60 Å². The first-order valence-electron chi connectivity index (χ1n) is 5.98. The largest absolute Gasteiger partial charge is 0.509 e. The molecule has 0 unspecified atom stereocenters. The highest BCUT2D eigenvalue weighted by Gasteiger charge is 2.25. The number of fused-ring (bicyclic) bond motifs is 1. The highest BCUT2D eigenvalue weighted by molar-refractivity contribution is 5.66. The van der Waals surface area contributed by atoms with Crippen LogP contribution in [-0.4, -0.2) is 11.8 Å². The summed E-state index contributed by atoms with van der Waals surface area (Å²) in [6.45, 7) is 5.44. The molecule has 0 aromatic heterocycles. The summed E-state index contributed by atoms with van der Waals surface area (Å²) in [5.41, 5.74) is 1.47. The van der Waals surface area contributed by atoms with Crippen molar-refractivity contribution in [2.45, 2.75) is 32.8 Å². The van der Waals surface area contributed by atoms with E-state index in [2.05, 4.69) is 0 Å². The molecule has 95 valence electrons. The third kappa shape index (κ3) is 3.13. The topological polar surface area (TPSA) is 35.5 Å². The van der Waals surface area contributed by atoms with Gasteiger partial charge in [0.2, 0.25) is 0 Å². The maximum atomic E-state index is 11.6. The van der Waals surface area contributed by atoms with Gasteiger partial charge in [-0.1, -0.05) is 36.4 Å². The Morgan fingerprint density at radius 1 is 1.22 bits per heavy atom. The number of benzene rings is 1. The van der Waals surface area contributed by atoms with Crippen LogP contribution in [0.5, 0.6) is 0 Å². The monoisotopic (exact) mass is 245 g/mol. The number of carbonyl (C=O) groups is 1. The van der Waals surface area contributed by atoms with Crippen LogP contribution in [-0.2, 0) is 9.47 Å². The van der Waals surface area contributed by atoms with Gasteiger partial charge in [-0.05, 0) is 26.3 Å². The lowest BCUT2D eigenvalue weighted by atomic mass is 9.95. The number of hydrogen-bond acceptors (Lipinski definition) is 3. The maximum Gasteiger partial charge on any atom is 0.509 e. The lowest BCUT2D eigenvalue weighted by Crippen LogP contribution is -2.26. The molecule has 1 aliphatic carbocycles. The molecular formula is C15H17O3. The molecule has 1 aromatic carbocycles. The van der Waals surface area contributed by atoms with Gasteiger partial charge in [0.15, 0.2) is 6.10 Å². The fraction of sp³-hybridized carbons (Fsp3) is 0.333. The Labute approximate surface area is 107 Å². The number of rotatable bonds is 1. The van der Waals surface area contributed by atoms with Gasteiger partial charge in [-0.3, -0.25) is 0 Å². The molecule has 2 rings (SSSR count). The molecule has 3 heteroatoms. The summed E-state index contributed by atoms with van der Waals surface area (Å²) >= 11 is 0. The first kappa shape index (κ1) is 12.7. The van der Waals surface area contributed by atoms with Gasteiger partial charge in [-0.15, -0.1) is 0 Å². The van der Waals surface area contributed by atoms with E-state index in [4.69, 9.17) is 9.47 Å². The quantitative estimate of drug-likeness (QED) is 0.703. The van der Waals surface area contributed by atoms with Gasteiger partial charge in [-0.2, -0.15) is 0 Å². The van der Waals surface area contributed by atoms with Crippen molar-refractivity contribution in [1.29, 1.82) is 0 Å². The van der Waals surface area contributed by atoms with Gasteiger partial charge in [0, 0.05) is 12.0 Å². The number of hydrogen-bond donors (Lipinski definition) is 0. The van der Waals surface area contributed by atoms with Crippen LogP contribution in [0.1, 0.15) is 38.3 Å². The summed E-state index contributed by atoms with van der Waals surface area (Å²) < 4.78 is 10.4. The van der Waals surface area contributed by atoms with Gasteiger partial charge >= 0.3 is 6.16 Å². The molecule has 0 atom stereocenters. The SMILES string of the molecule is CC(C)(C)OC(=O)O[C]1CC=Cc2ccccc21. The van der Waals surface area contributed by atoms with Crippen LogP contribution in [0.25, 0.3) is 6.08 Å². The Morgan fingerprint density at radius 2 is 1.94 bits per heavy atom. The zero-order valence-electron chi connectivity index (χ0n) is 10.9. The number of carbonyl (C=O) groups excluding carboxylic acids is 1. The smallest absolute Gasteiger partial charge is 0.429 e. The minimum absolute atomic E-state index is 0.540. The lowest BCUT2D eigenvalue weighted by molar-refractivity contribution is -0.00213. The van der Waals surface area contributed by atoms with Crippen LogP contribution in [0, 0.1) is 6.10 Å². The second-order valence-corrected chi connectivity index (χ2v) is 5.18. The van der Waals surface area contributed by atoms with Gasteiger partial charge in [0.05, 0.1) is 0 Å². The highest BCUT2D eigenvalue weighted by atomic mass is 16.7. The summed E-state index contributed by atoms with van der Waals surface area (Å²) in [6, 6.07) is 7.82. The van der Waals surface area contributed by atoms with E-state index < -0.39 is 11.8 Å². The van der Waals surface area contributed by atoms with E-state index in [0.29, 0.717) is 12.5 Å². The lowest BCUT2D eigenvalue weighted by Gasteiger charge is -2.23. The third-order valence-corrected chi connectivity index (χ3v) is 2.46. The van der Waals surface area contributed by atoms with E-state index in [0.717, 1.165) is 11.1 Å². The molecule has 0 saturated carbocycles. The molecule has 0 heterocycles. The zero-order valence-corrected chi connectivity index (χ0v) is 10.9. The van der Waals surface area contributed by atoms with Crippen molar-refractivity contribution in [3.05, 3.63) is 47.6 Å². The second kappa shape index (κ2) is 4.84. The van der Waals surface area contributed by atoms with Crippen molar-refractivity contribution in [1.82, 2.24) is 0 Å². The first-order chi connectivity index (χ1) is 8.46.